The molecule has 1 saturated heterocycles. The molecule has 5 nitrogen and oxygen atoms in total. The van der Waals surface area contributed by atoms with Crippen LogP contribution in [0, 0.1) is 0 Å². The van der Waals surface area contributed by atoms with Crippen LogP contribution in [0.25, 0.3) is 0 Å². The van der Waals surface area contributed by atoms with E-state index in [4.69, 9.17) is 4.74 Å². The van der Waals surface area contributed by atoms with Crippen LogP contribution >= 0.6 is 12.6 Å². The number of unbranched alkanes of at least 4 members (excludes halogenated alkanes) is 2. The number of thiol groups is 1. The van der Waals surface area contributed by atoms with Gasteiger partial charge < -0.3 is 4.74 Å². The van der Waals surface area contributed by atoms with E-state index in [1.54, 1.807) is 16.4 Å². The average molecular weight is 415 g/mol. The number of hydrogen-bond donors (Lipinski definition) is 1. The van der Waals surface area contributed by atoms with Crippen molar-refractivity contribution < 1.29 is 13.2 Å². The van der Waals surface area contributed by atoms with Crippen LogP contribution in [0.4, 0.5) is 0 Å². The molecule has 27 heavy (non-hydrogen) atoms. The Labute approximate surface area is 170 Å². The minimum atomic E-state index is -3.51. The number of rotatable bonds is 11. The van der Waals surface area contributed by atoms with E-state index in [9.17, 15) is 8.42 Å². The van der Waals surface area contributed by atoms with E-state index in [1.807, 2.05) is 19.1 Å². The fourth-order valence-corrected chi connectivity index (χ4v) is 5.07. The van der Waals surface area contributed by atoms with Crippen LogP contribution in [0.15, 0.2) is 29.2 Å². The molecule has 0 spiro atoms. The van der Waals surface area contributed by atoms with Gasteiger partial charge in [-0.15, -0.1) is 0 Å². The van der Waals surface area contributed by atoms with Crippen LogP contribution < -0.4 is 0 Å². The number of nitrogens with zero attached hydrogens (tertiary/aromatic N) is 2. The van der Waals surface area contributed by atoms with Gasteiger partial charge in [0, 0.05) is 38.0 Å². The highest BCUT2D eigenvalue weighted by atomic mass is 32.2. The molecule has 2 rings (SSSR count). The molecule has 0 bridgehead atoms. The Morgan fingerprint density at radius 2 is 1.85 bits per heavy atom. The summed E-state index contributed by atoms with van der Waals surface area (Å²) in [6.45, 7) is 8.87. The summed E-state index contributed by atoms with van der Waals surface area (Å²) in [6.07, 6.45) is 4.54. The van der Waals surface area contributed by atoms with Crippen LogP contribution in [-0.4, -0.2) is 68.8 Å². The van der Waals surface area contributed by atoms with E-state index in [-0.39, 0.29) is 5.25 Å². The maximum Gasteiger partial charge on any atom is 0.243 e. The Morgan fingerprint density at radius 3 is 2.44 bits per heavy atom. The number of ether oxygens (including phenoxy) is 1. The molecule has 0 amide bonds. The van der Waals surface area contributed by atoms with Crippen molar-refractivity contribution >= 4 is 22.7 Å². The first-order valence-electron chi connectivity index (χ1n) is 10.0. The Bertz CT molecular complexity index is 642. The third kappa shape index (κ3) is 7.38. The lowest BCUT2D eigenvalue weighted by Gasteiger charge is -2.30. The molecule has 0 saturated carbocycles. The Hall–Kier alpha value is -0.600. The number of morpholine rings is 1. The number of hydrogen-bond acceptors (Lipinski definition) is 5. The van der Waals surface area contributed by atoms with Crippen LogP contribution in [0.3, 0.4) is 0 Å². The fraction of sp³-hybridized carbons (Fsp3) is 0.700. The number of benzene rings is 1. The fourth-order valence-electron chi connectivity index (χ4n) is 3.24. The molecular formula is C20H34N2O3S2. The van der Waals surface area contributed by atoms with Crippen molar-refractivity contribution in [2.75, 3.05) is 45.9 Å². The van der Waals surface area contributed by atoms with Gasteiger partial charge in [-0.25, -0.2) is 8.42 Å². The SMILES string of the molecule is CCCCCc1ccc(S(=O)(=O)N(CCN2CCOCC2)CC(C)S)cc1. The predicted octanol–water partition coefficient (Wildman–Crippen LogP) is 3.06. The van der Waals surface area contributed by atoms with Gasteiger partial charge in [0.2, 0.25) is 10.0 Å². The van der Waals surface area contributed by atoms with Crippen molar-refractivity contribution in [1.29, 1.82) is 0 Å². The summed E-state index contributed by atoms with van der Waals surface area (Å²) in [4.78, 5) is 2.63. The minimum absolute atomic E-state index is 0.0159. The number of aryl methyl sites for hydroxylation is 1. The summed E-state index contributed by atoms with van der Waals surface area (Å²) in [6, 6.07) is 7.41. The van der Waals surface area contributed by atoms with Gasteiger partial charge in [0.15, 0.2) is 0 Å². The van der Waals surface area contributed by atoms with Crippen LogP contribution in [0.5, 0.6) is 0 Å². The molecule has 1 unspecified atom stereocenters. The van der Waals surface area contributed by atoms with Crippen LogP contribution in [0.1, 0.15) is 38.7 Å². The molecule has 0 aliphatic carbocycles. The van der Waals surface area contributed by atoms with Gasteiger partial charge in [0.1, 0.15) is 0 Å². The molecular weight excluding hydrogens is 380 g/mol. The smallest absolute Gasteiger partial charge is 0.243 e. The lowest BCUT2D eigenvalue weighted by atomic mass is 10.1. The van der Waals surface area contributed by atoms with Gasteiger partial charge in [-0.05, 0) is 30.5 Å². The maximum atomic E-state index is 13.2. The molecule has 1 fully saturated rings. The van der Waals surface area contributed by atoms with E-state index in [0.717, 1.165) is 45.7 Å². The first-order chi connectivity index (χ1) is 12.9. The van der Waals surface area contributed by atoms with Gasteiger partial charge in [-0.2, -0.15) is 16.9 Å². The third-order valence-corrected chi connectivity index (χ3v) is 6.91. The van der Waals surface area contributed by atoms with Crippen molar-refractivity contribution in [3.63, 3.8) is 0 Å². The minimum Gasteiger partial charge on any atom is -0.379 e. The first-order valence-corrected chi connectivity index (χ1v) is 12.0. The Morgan fingerprint density at radius 1 is 1.19 bits per heavy atom. The summed E-state index contributed by atoms with van der Waals surface area (Å²) < 4.78 is 33.3. The van der Waals surface area contributed by atoms with E-state index < -0.39 is 10.0 Å². The average Bonchev–Trinajstić information content (AvgIpc) is 2.66. The second-order valence-electron chi connectivity index (χ2n) is 7.27. The second-order valence-corrected chi connectivity index (χ2v) is 10.1. The van der Waals surface area contributed by atoms with Crippen LogP contribution in [-0.2, 0) is 21.2 Å². The highest BCUT2D eigenvalue weighted by Crippen LogP contribution is 2.19. The van der Waals surface area contributed by atoms with Crippen molar-refractivity contribution in [3.8, 4) is 0 Å². The van der Waals surface area contributed by atoms with Gasteiger partial charge >= 0.3 is 0 Å². The molecule has 1 aromatic carbocycles. The van der Waals surface area contributed by atoms with Gasteiger partial charge in [0.05, 0.1) is 18.1 Å². The quantitative estimate of drug-likeness (QED) is 0.447. The molecule has 1 aliphatic heterocycles. The second kappa shape index (κ2) is 11.4. The standard InChI is InChI=1S/C20H34N2O3S2/c1-3-4-5-6-19-7-9-20(10-8-19)27(23,24)22(17-18(2)26)12-11-21-13-15-25-16-14-21/h7-10,18,26H,3-6,11-17H2,1-2H3. The molecule has 0 N–H and O–H groups in total. The summed E-state index contributed by atoms with van der Waals surface area (Å²) in [7, 11) is -3.51. The maximum absolute atomic E-state index is 13.2. The van der Waals surface area contributed by atoms with Gasteiger partial charge in [0.25, 0.3) is 0 Å². The summed E-state index contributed by atoms with van der Waals surface area (Å²) >= 11 is 4.43. The van der Waals surface area contributed by atoms with Crippen molar-refractivity contribution in [1.82, 2.24) is 9.21 Å². The molecule has 154 valence electrons. The monoisotopic (exact) mass is 414 g/mol. The molecule has 1 heterocycles. The van der Waals surface area contributed by atoms with Crippen molar-refractivity contribution in [2.24, 2.45) is 0 Å². The van der Waals surface area contributed by atoms with Crippen molar-refractivity contribution in [3.05, 3.63) is 29.8 Å². The van der Waals surface area contributed by atoms with E-state index in [1.165, 1.54) is 18.4 Å². The topological polar surface area (TPSA) is 49.9 Å². The zero-order chi connectivity index (χ0) is 19.7. The Balaban J connectivity index is 2.05. The van der Waals surface area contributed by atoms with Gasteiger partial charge in [-0.1, -0.05) is 38.8 Å². The first kappa shape index (κ1) is 22.7. The van der Waals surface area contributed by atoms with E-state index in [0.29, 0.717) is 18.0 Å². The molecule has 7 heteroatoms. The normalized spacial score (nSPS) is 17.3. The van der Waals surface area contributed by atoms with Crippen molar-refractivity contribution in [2.45, 2.75) is 49.7 Å². The summed E-state index contributed by atoms with van der Waals surface area (Å²) in [5.41, 5.74) is 1.20. The molecule has 1 atom stereocenters. The Kier molecular flexibility index (Phi) is 9.59. The van der Waals surface area contributed by atoms with Crippen LogP contribution in [0.2, 0.25) is 0 Å². The van der Waals surface area contributed by atoms with E-state index >= 15 is 0 Å². The highest BCUT2D eigenvalue weighted by Gasteiger charge is 2.26. The van der Waals surface area contributed by atoms with Gasteiger partial charge in [-0.3, -0.25) is 4.90 Å². The molecule has 0 radical (unpaired) electrons. The molecule has 1 aliphatic rings. The number of sulfonamides is 1. The molecule has 1 aromatic rings. The summed E-state index contributed by atoms with van der Waals surface area (Å²) in [5, 5.41) is -0.0159. The van der Waals surface area contributed by atoms with E-state index in [2.05, 4.69) is 24.5 Å². The zero-order valence-corrected chi connectivity index (χ0v) is 18.4. The largest absolute Gasteiger partial charge is 0.379 e. The zero-order valence-electron chi connectivity index (χ0n) is 16.6. The lowest BCUT2D eigenvalue weighted by molar-refractivity contribution is 0.0363. The highest BCUT2D eigenvalue weighted by molar-refractivity contribution is 7.89. The third-order valence-electron chi connectivity index (χ3n) is 4.87. The lowest BCUT2D eigenvalue weighted by Crippen LogP contribution is -2.44. The predicted molar refractivity (Wildman–Crippen MR) is 114 cm³/mol. The summed E-state index contributed by atoms with van der Waals surface area (Å²) in [5.74, 6) is 0. The molecule has 0 aromatic heterocycles.